The molecule has 6 fully saturated rings. The molecule has 5 aliphatic carbocycles. The molecule has 1 amide bonds. The molecule has 7 aliphatic rings. The number of rotatable bonds is 11. The highest BCUT2D eigenvalue weighted by Gasteiger charge is 2.64. The van der Waals surface area contributed by atoms with Crippen LogP contribution in [0.3, 0.4) is 0 Å². The van der Waals surface area contributed by atoms with Crippen molar-refractivity contribution in [3.05, 3.63) is 52.6 Å². The Morgan fingerprint density at radius 3 is 2.40 bits per heavy atom. The smallest absolute Gasteiger partial charge is 0.339 e. The number of carbonyl (C=O) groups is 3. The second-order valence-electron chi connectivity index (χ2n) is 19.5. The summed E-state index contributed by atoms with van der Waals surface area (Å²) in [7, 11) is 0. The van der Waals surface area contributed by atoms with Gasteiger partial charge in [-0.2, -0.15) is 0 Å². The Morgan fingerprint density at radius 1 is 1.00 bits per heavy atom. The molecule has 55 heavy (non-hydrogen) atoms. The number of hydrogen-bond acceptors (Lipinski definition) is 9. The molecule has 0 aromatic heterocycles. The zero-order chi connectivity index (χ0) is 38.9. The Labute approximate surface area is 326 Å². The van der Waals surface area contributed by atoms with Gasteiger partial charge in [0.2, 0.25) is 5.91 Å². The highest BCUT2D eigenvalue weighted by atomic mass is 16.8. The van der Waals surface area contributed by atoms with Gasteiger partial charge in [0, 0.05) is 30.3 Å². The fourth-order valence-electron chi connectivity index (χ4n) is 10.2. The molecule has 10 heteroatoms. The number of esters is 2. The highest BCUT2D eigenvalue weighted by molar-refractivity contribution is 5.95. The number of epoxide rings is 1. The van der Waals surface area contributed by atoms with Crippen LogP contribution >= 0.6 is 0 Å². The van der Waals surface area contributed by atoms with Gasteiger partial charge in [0.15, 0.2) is 5.79 Å². The second-order valence-corrected chi connectivity index (χ2v) is 19.5. The maximum Gasteiger partial charge on any atom is 0.339 e. The van der Waals surface area contributed by atoms with E-state index in [1.165, 1.54) is 5.57 Å². The molecule has 8 atom stereocenters. The maximum absolute atomic E-state index is 14.3. The minimum atomic E-state index is -0.760. The predicted molar refractivity (Wildman–Crippen MR) is 205 cm³/mol. The van der Waals surface area contributed by atoms with Crippen LogP contribution in [0.5, 0.6) is 0 Å². The van der Waals surface area contributed by atoms with Crippen molar-refractivity contribution in [1.82, 2.24) is 5.32 Å². The van der Waals surface area contributed by atoms with Crippen molar-refractivity contribution in [1.29, 1.82) is 0 Å². The van der Waals surface area contributed by atoms with Gasteiger partial charge in [0.05, 0.1) is 29.9 Å². The van der Waals surface area contributed by atoms with Crippen LogP contribution in [-0.4, -0.2) is 77.0 Å². The summed E-state index contributed by atoms with van der Waals surface area (Å²) in [5.41, 5.74) is 2.78. The number of hydrogen-bond donors (Lipinski definition) is 2. The van der Waals surface area contributed by atoms with Crippen LogP contribution in [0.1, 0.15) is 135 Å². The second kappa shape index (κ2) is 14.4. The summed E-state index contributed by atoms with van der Waals surface area (Å²) < 4.78 is 31.7. The summed E-state index contributed by atoms with van der Waals surface area (Å²) in [6.45, 7) is 12.1. The predicted octanol–water partition coefficient (Wildman–Crippen LogP) is 7.22. The fourth-order valence-corrected chi connectivity index (χ4v) is 10.2. The molecule has 2 saturated heterocycles. The molecule has 1 aromatic carbocycles. The van der Waals surface area contributed by atoms with Crippen molar-refractivity contribution >= 4 is 23.9 Å². The first-order valence-corrected chi connectivity index (χ1v) is 21.0. The summed E-state index contributed by atoms with van der Waals surface area (Å²) in [4.78, 5) is 40.6. The third-order valence-electron chi connectivity index (χ3n) is 13.5. The number of carbonyl (C=O) groups excluding carboxylic acids is 3. The third kappa shape index (κ3) is 8.08. The van der Waals surface area contributed by atoms with Crippen LogP contribution in [0.4, 0.5) is 0 Å². The summed E-state index contributed by atoms with van der Waals surface area (Å²) >= 11 is 0. The van der Waals surface area contributed by atoms with E-state index in [2.05, 4.69) is 32.2 Å². The quantitative estimate of drug-likeness (QED) is 0.177. The van der Waals surface area contributed by atoms with E-state index in [1.54, 1.807) is 20.8 Å². The number of aliphatic hydroxyl groups is 1. The zero-order valence-electron chi connectivity index (χ0n) is 33.6. The number of amides is 1. The molecule has 4 saturated carbocycles. The Kier molecular flexibility index (Phi) is 10.2. The lowest BCUT2D eigenvalue weighted by molar-refractivity contribution is -0.209. The van der Waals surface area contributed by atoms with Crippen molar-refractivity contribution in [3.63, 3.8) is 0 Å². The lowest BCUT2D eigenvalue weighted by Gasteiger charge is -2.53. The molecule has 0 radical (unpaired) electrons. The first-order chi connectivity index (χ1) is 26.1. The third-order valence-corrected chi connectivity index (χ3v) is 13.5. The normalized spacial score (nSPS) is 34.6. The molecule has 2 heterocycles. The van der Waals surface area contributed by atoms with Gasteiger partial charge in [0.25, 0.3) is 0 Å². The lowest BCUT2D eigenvalue weighted by atomic mass is 9.52. The van der Waals surface area contributed by atoms with E-state index in [0.717, 1.165) is 63.4 Å². The largest absolute Gasteiger partial charge is 0.460 e. The van der Waals surface area contributed by atoms with Crippen molar-refractivity contribution in [3.8, 4) is 0 Å². The SMILES string of the molecule is CC(C)(C)OC(=O)CCC(CO)NC(=O)C1=CC2OC(C3CC3)(C3CC3)OC2C(OC(=O)c2ccccc2C=C2CCC3OC3(C)CCC3C2CC3(C)C)C1. The van der Waals surface area contributed by atoms with Crippen LogP contribution in [0, 0.1) is 29.1 Å². The number of nitrogens with one attached hydrogen (secondary N) is 1. The maximum atomic E-state index is 14.3. The molecule has 10 nitrogen and oxygen atoms in total. The fraction of sp³-hybridized carbons (Fsp3) is 0.711. The molecule has 2 aliphatic heterocycles. The first kappa shape index (κ1) is 38.8. The van der Waals surface area contributed by atoms with Gasteiger partial charge in [-0.05, 0) is 127 Å². The Morgan fingerprint density at radius 2 is 1.73 bits per heavy atom. The van der Waals surface area contributed by atoms with E-state index in [9.17, 15) is 19.5 Å². The summed E-state index contributed by atoms with van der Waals surface area (Å²) in [5.74, 6) is -0.311. The van der Waals surface area contributed by atoms with Gasteiger partial charge in [0.1, 0.15) is 23.9 Å². The van der Waals surface area contributed by atoms with Gasteiger partial charge < -0.3 is 34.1 Å². The molecular formula is C45H61NO9. The standard InChI is InChI=1S/C45H61NO9/c1-42(2,3)54-38(48)18-16-31(25-47)46-40(49)28-22-35(39-36(23-28)52-45(55-39,29-12-13-29)30-14-15-30)51-41(50)32-10-8-7-9-26(32)21-27-11-17-37-44(6,53-37)20-19-34-33(27)24-43(34,4)5/h7-10,21,23,29-31,33-37,39,47H,11-20,22,24-25H2,1-6H3,(H,46,49). The highest BCUT2D eigenvalue weighted by Crippen LogP contribution is 2.61. The monoisotopic (exact) mass is 759 g/mol. The van der Waals surface area contributed by atoms with E-state index in [-0.39, 0.29) is 42.8 Å². The minimum absolute atomic E-state index is 0.00282. The number of benzene rings is 1. The van der Waals surface area contributed by atoms with Gasteiger partial charge >= 0.3 is 11.9 Å². The van der Waals surface area contributed by atoms with Crippen molar-refractivity contribution < 1.29 is 43.2 Å². The Balaban J connectivity index is 1.02. The summed E-state index contributed by atoms with van der Waals surface area (Å²) in [6.07, 6.45) is 12.3. The average molecular weight is 760 g/mol. The molecule has 300 valence electrons. The molecule has 2 N–H and O–H groups in total. The van der Waals surface area contributed by atoms with Crippen LogP contribution < -0.4 is 5.32 Å². The van der Waals surface area contributed by atoms with E-state index < -0.39 is 47.7 Å². The summed E-state index contributed by atoms with van der Waals surface area (Å²) in [5, 5.41) is 13.0. The molecule has 8 unspecified atom stereocenters. The minimum Gasteiger partial charge on any atom is -0.460 e. The average Bonchev–Trinajstić information content (AvgIpc) is 4.03. The van der Waals surface area contributed by atoms with Crippen LogP contribution in [0.2, 0.25) is 0 Å². The van der Waals surface area contributed by atoms with E-state index in [0.29, 0.717) is 40.9 Å². The van der Waals surface area contributed by atoms with Crippen molar-refractivity contribution in [2.24, 2.45) is 29.1 Å². The van der Waals surface area contributed by atoms with Gasteiger partial charge in [-0.25, -0.2) is 4.79 Å². The first-order valence-electron chi connectivity index (χ1n) is 21.0. The van der Waals surface area contributed by atoms with Gasteiger partial charge in [-0.3, -0.25) is 9.59 Å². The number of aliphatic hydroxyl groups excluding tert-OH is 1. The van der Waals surface area contributed by atoms with Crippen LogP contribution in [0.25, 0.3) is 6.08 Å². The van der Waals surface area contributed by atoms with Gasteiger partial charge in [-0.15, -0.1) is 0 Å². The van der Waals surface area contributed by atoms with E-state index >= 15 is 0 Å². The van der Waals surface area contributed by atoms with Crippen molar-refractivity contribution in [2.45, 2.75) is 166 Å². The number of ether oxygens (including phenoxy) is 5. The molecule has 8 rings (SSSR count). The zero-order valence-corrected chi connectivity index (χ0v) is 33.6. The van der Waals surface area contributed by atoms with E-state index in [1.807, 2.05) is 30.3 Å². The number of allylic oxidation sites excluding steroid dienone is 1. The van der Waals surface area contributed by atoms with Crippen LogP contribution in [0.15, 0.2) is 41.5 Å². The lowest BCUT2D eigenvalue weighted by Crippen LogP contribution is -2.45. The number of fused-ring (bicyclic) bond motifs is 3. The molecule has 1 aromatic rings. The van der Waals surface area contributed by atoms with Gasteiger partial charge in [-0.1, -0.05) is 43.7 Å². The summed E-state index contributed by atoms with van der Waals surface area (Å²) in [6, 6.07) is 7.02. The Hall–Kier alpha value is -3.05. The van der Waals surface area contributed by atoms with Crippen molar-refractivity contribution in [2.75, 3.05) is 6.61 Å². The van der Waals surface area contributed by atoms with E-state index in [4.69, 9.17) is 23.7 Å². The van der Waals surface area contributed by atoms with Crippen LogP contribution in [-0.2, 0) is 33.3 Å². The molecule has 0 spiro atoms. The molecular weight excluding hydrogens is 698 g/mol. The Bertz CT molecular complexity index is 1720. The molecule has 0 bridgehead atoms. The topological polar surface area (TPSA) is 133 Å².